The van der Waals surface area contributed by atoms with Crippen LogP contribution in [0.3, 0.4) is 0 Å². The van der Waals surface area contributed by atoms with E-state index >= 15 is 0 Å². The third-order valence-electron chi connectivity index (χ3n) is 2.63. The molecule has 0 N–H and O–H groups in total. The van der Waals surface area contributed by atoms with Crippen LogP contribution in [0, 0.1) is 0 Å². The van der Waals surface area contributed by atoms with Crippen molar-refractivity contribution in [2.45, 2.75) is 45.9 Å². The quantitative estimate of drug-likeness (QED) is 0.448. The minimum Gasteiger partial charge on any atom is -0.467 e. The highest BCUT2D eigenvalue weighted by atomic mass is 16.6. The molecule has 0 spiro atoms. The maximum absolute atomic E-state index is 12.3. The van der Waals surface area contributed by atoms with Crippen LogP contribution in [0.5, 0.6) is 0 Å². The molecule has 22 heavy (non-hydrogen) atoms. The average molecular weight is 314 g/mol. The molecule has 0 aromatic carbocycles. The van der Waals surface area contributed by atoms with Crippen LogP contribution in [0.25, 0.3) is 0 Å². The first-order valence-corrected chi connectivity index (χ1v) is 7.00. The van der Waals surface area contributed by atoms with Gasteiger partial charge in [-0.25, -0.2) is 19.4 Å². The second-order valence-corrected chi connectivity index (χ2v) is 5.19. The number of methoxy groups -OCH3 is 1. The van der Waals surface area contributed by atoms with E-state index in [2.05, 4.69) is 4.74 Å². The Hall–Kier alpha value is -2.25. The van der Waals surface area contributed by atoms with Gasteiger partial charge in [0.05, 0.1) is 25.9 Å². The molecule has 1 atom stereocenters. The van der Waals surface area contributed by atoms with E-state index in [1.54, 1.807) is 33.8 Å². The molecule has 1 rings (SSSR count). The topological polar surface area (TPSA) is 85.4 Å². The van der Waals surface area contributed by atoms with Crippen molar-refractivity contribution in [3.05, 3.63) is 12.2 Å². The van der Waals surface area contributed by atoms with Gasteiger partial charge in [0, 0.05) is 0 Å². The highest BCUT2D eigenvalue weighted by Crippen LogP contribution is 2.18. The van der Waals surface area contributed by atoms with Gasteiger partial charge in [-0.3, -0.25) is 0 Å². The lowest BCUT2D eigenvalue weighted by molar-refractivity contribution is -0.150. The summed E-state index contributed by atoms with van der Waals surface area (Å²) in [5.41, 5.74) is 0. The summed E-state index contributed by atoms with van der Waals surface area (Å²) in [6, 6.07) is -1.08. The summed E-state index contributed by atoms with van der Waals surface area (Å²) in [6.45, 7) is 6.80. The van der Waals surface area contributed by atoms with Crippen LogP contribution in [-0.4, -0.2) is 60.1 Å². The van der Waals surface area contributed by atoms with Crippen molar-refractivity contribution in [2.24, 2.45) is 0 Å². The van der Waals surface area contributed by atoms with Crippen LogP contribution in [0.1, 0.15) is 27.7 Å². The van der Waals surface area contributed by atoms with Crippen LogP contribution in [0.2, 0.25) is 0 Å². The molecule has 0 fully saturated rings. The monoisotopic (exact) mass is 314 g/mol. The zero-order valence-corrected chi connectivity index (χ0v) is 13.4. The highest BCUT2D eigenvalue weighted by molar-refractivity contribution is 5.85. The molecule has 124 valence electrons. The van der Waals surface area contributed by atoms with Crippen molar-refractivity contribution in [2.75, 3.05) is 13.7 Å². The largest absolute Gasteiger partial charge is 0.467 e. The fourth-order valence-electron chi connectivity index (χ4n) is 1.80. The number of carbonyl (C=O) groups is 3. The van der Waals surface area contributed by atoms with Crippen molar-refractivity contribution in [3.8, 4) is 0 Å². The fourth-order valence-corrected chi connectivity index (χ4v) is 1.80. The molecule has 0 saturated carbocycles. The molecule has 0 unspecified atom stereocenters. The lowest BCUT2D eigenvalue weighted by Crippen LogP contribution is -2.59. The van der Waals surface area contributed by atoms with Crippen LogP contribution in [0.4, 0.5) is 9.59 Å². The fraction of sp³-hybridized carbons (Fsp3) is 0.643. The van der Waals surface area contributed by atoms with Gasteiger partial charge >= 0.3 is 18.2 Å². The summed E-state index contributed by atoms with van der Waals surface area (Å²) in [5, 5.41) is 1.93. The van der Waals surface area contributed by atoms with Crippen molar-refractivity contribution < 1.29 is 28.6 Å². The van der Waals surface area contributed by atoms with E-state index in [4.69, 9.17) is 9.47 Å². The summed E-state index contributed by atoms with van der Waals surface area (Å²) in [5.74, 6) is -0.681. The molecule has 1 aliphatic rings. The van der Waals surface area contributed by atoms with Gasteiger partial charge in [-0.1, -0.05) is 12.2 Å². The minimum absolute atomic E-state index is 0.0895. The Morgan fingerprint density at radius 1 is 1.05 bits per heavy atom. The van der Waals surface area contributed by atoms with Gasteiger partial charge in [-0.05, 0) is 27.7 Å². The summed E-state index contributed by atoms with van der Waals surface area (Å²) in [4.78, 5) is 36.2. The maximum atomic E-state index is 12.3. The Balaban J connectivity index is 3.07. The number of hydrogen-bond donors (Lipinski definition) is 0. The smallest absolute Gasteiger partial charge is 0.430 e. The summed E-state index contributed by atoms with van der Waals surface area (Å²) in [6.07, 6.45) is 0.733. The van der Waals surface area contributed by atoms with Gasteiger partial charge in [0.25, 0.3) is 0 Å². The van der Waals surface area contributed by atoms with E-state index in [1.807, 2.05) is 0 Å². The Morgan fingerprint density at radius 2 is 1.59 bits per heavy atom. The molecule has 0 aliphatic carbocycles. The number of carbonyl (C=O) groups excluding carboxylic acids is 3. The third kappa shape index (κ3) is 4.37. The van der Waals surface area contributed by atoms with Crippen molar-refractivity contribution in [3.63, 3.8) is 0 Å². The second-order valence-electron chi connectivity index (χ2n) is 5.19. The summed E-state index contributed by atoms with van der Waals surface area (Å²) < 4.78 is 14.9. The normalized spacial score (nSPS) is 17.7. The van der Waals surface area contributed by atoms with E-state index in [1.165, 1.54) is 13.2 Å². The maximum Gasteiger partial charge on any atom is 0.430 e. The van der Waals surface area contributed by atoms with Crippen molar-refractivity contribution in [1.82, 2.24) is 10.0 Å². The standard InChI is InChI=1S/C14H22N2O6/c1-9(2)21-13(18)15-8-6-7-11(12(17)20-5)16(15)14(19)22-10(3)4/h6-7,9-11H,8H2,1-5H3/t11-/m0/s1. The lowest BCUT2D eigenvalue weighted by Gasteiger charge is -2.38. The molecular formula is C14H22N2O6. The predicted octanol–water partition coefficient (Wildman–Crippen LogP) is 1.71. The van der Waals surface area contributed by atoms with Gasteiger partial charge in [-0.15, -0.1) is 0 Å². The van der Waals surface area contributed by atoms with Crippen LogP contribution >= 0.6 is 0 Å². The highest BCUT2D eigenvalue weighted by Gasteiger charge is 2.40. The summed E-state index contributed by atoms with van der Waals surface area (Å²) in [7, 11) is 1.20. The zero-order chi connectivity index (χ0) is 16.9. The number of ether oxygens (including phenoxy) is 3. The van der Waals surface area contributed by atoms with E-state index in [0.717, 1.165) is 10.0 Å². The molecule has 0 bridgehead atoms. The Morgan fingerprint density at radius 3 is 2.09 bits per heavy atom. The van der Waals surface area contributed by atoms with Gasteiger partial charge in [0.2, 0.25) is 0 Å². The Kier molecular flexibility index (Phi) is 6.21. The first-order valence-electron chi connectivity index (χ1n) is 7.00. The first-order chi connectivity index (χ1) is 10.3. The predicted molar refractivity (Wildman–Crippen MR) is 76.7 cm³/mol. The first kappa shape index (κ1) is 17.8. The van der Waals surface area contributed by atoms with E-state index < -0.39 is 30.3 Å². The van der Waals surface area contributed by atoms with Gasteiger partial charge in [0.1, 0.15) is 0 Å². The van der Waals surface area contributed by atoms with Crippen LogP contribution in [0.15, 0.2) is 12.2 Å². The van der Waals surface area contributed by atoms with Gasteiger partial charge in [0.15, 0.2) is 6.04 Å². The number of hydrazine groups is 1. The Labute approximate surface area is 129 Å². The van der Waals surface area contributed by atoms with E-state index in [-0.39, 0.29) is 12.6 Å². The zero-order valence-electron chi connectivity index (χ0n) is 13.4. The minimum atomic E-state index is -1.08. The lowest BCUT2D eigenvalue weighted by atomic mass is 10.2. The number of nitrogens with zero attached hydrogens (tertiary/aromatic N) is 2. The number of esters is 1. The molecule has 8 heteroatoms. The van der Waals surface area contributed by atoms with Gasteiger partial charge < -0.3 is 14.2 Å². The number of rotatable bonds is 3. The molecule has 1 heterocycles. The number of hydrogen-bond acceptors (Lipinski definition) is 6. The number of amides is 2. The SMILES string of the molecule is COC(=O)[C@@H]1C=CCN(C(=O)OC(C)C)N1C(=O)OC(C)C. The van der Waals surface area contributed by atoms with Crippen molar-refractivity contribution >= 4 is 18.2 Å². The van der Waals surface area contributed by atoms with Crippen LogP contribution in [-0.2, 0) is 19.0 Å². The van der Waals surface area contributed by atoms with Crippen LogP contribution < -0.4 is 0 Å². The molecule has 8 nitrogen and oxygen atoms in total. The summed E-state index contributed by atoms with van der Waals surface area (Å²) >= 11 is 0. The molecular weight excluding hydrogens is 292 g/mol. The van der Waals surface area contributed by atoms with Crippen molar-refractivity contribution in [1.29, 1.82) is 0 Å². The van der Waals surface area contributed by atoms with E-state index in [9.17, 15) is 14.4 Å². The average Bonchev–Trinajstić information content (AvgIpc) is 2.44. The molecule has 1 aliphatic heterocycles. The molecule has 0 radical (unpaired) electrons. The molecule has 2 amide bonds. The second kappa shape index (κ2) is 7.67. The Bertz CT molecular complexity index is 460. The molecule has 0 aromatic rings. The molecule has 0 saturated heterocycles. The van der Waals surface area contributed by atoms with Gasteiger partial charge in [-0.2, -0.15) is 5.01 Å². The third-order valence-corrected chi connectivity index (χ3v) is 2.63. The molecule has 0 aromatic heterocycles. The van der Waals surface area contributed by atoms with E-state index in [0.29, 0.717) is 0 Å².